The topological polar surface area (TPSA) is 50.4 Å². The van der Waals surface area contributed by atoms with Gasteiger partial charge in [-0.2, -0.15) is 5.10 Å². The number of nitrogens with one attached hydrogen (secondary N) is 1. The first-order valence-corrected chi connectivity index (χ1v) is 9.26. The first-order valence-electron chi connectivity index (χ1n) is 9.26. The summed E-state index contributed by atoms with van der Waals surface area (Å²) in [5.41, 5.74) is 3.75. The van der Waals surface area contributed by atoms with E-state index in [1.165, 1.54) is 16.8 Å². The summed E-state index contributed by atoms with van der Waals surface area (Å²) in [6.07, 6.45) is 1.84. The Bertz CT molecular complexity index is 862. The smallest absolute Gasteiger partial charge is 0.123 e. The third-order valence-electron chi connectivity index (χ3n) is 5.45. The highest BCUT2D eigenvalue weighted by atomic mass is 16.5. The van der Waals surface area contributed by atoms with Gasteiger partial charge in [-0.15, -0.1) is 0 Å². The van der Waals surface area contributed by atoms with Crippen LogP contribution in [0.2, 0.25) is 0 Å². The predicted octanol–water partition coefficient (Wildman–Crippen LogP) is 3.81. The lowest BCUT2D eigenvalue weighted by molar-refractivity contribution is 0.314. The fraction of sp³-hybridized carbons (Fsp3) is 0.318. The zero-order valence-corrected chi connectivity index (χ0v) is 15.8. The fourth-order valence-electron chi connectivity index (χ4n) is 4.07. The fourth-order valence-corrected chi connectivity index (χ4v) is 4.07. The predicted molar refractivity (Wildman–Crippen MR) is 105 cm³/mol. The van der Waals surface area contributed by atoms with E-state index in [9.17, 15) is 0 Å². The normalized spacial score (nSPS) is 19.9. The van der Waals surface area contributed by atoms with Crippen molar-refractivity contribution in [1.29, 1.82) is 0 Å². The number of rotatable bonds is 6. The van der Waals surface area contributed by atoms with Crippen molar-refractivity contribution < 1.29 is 9.47 Å². The van der Waals surface area contributed by atoms with Gasteiger partial charge in [0.2, 0.25) is 0 Å². The van der Waals surface area contributed by atoms with Crippen molar-refractivity contribution in [2.24, 2.45) is 0 Å². The van der Waals surface area contributed by atoms with Gasteiger partial charge in [-0.3, -0.25) is 10.00 Å². The van der Waals surface area contributed by atoms with E-state index in [0.717, 1.165) is 31.1 Å². The standard InChI is InChI=1S/C22H25N3O2/c1-26-18-9-7-16(8-10-18)19-14-25(15-20(19)21-11-12-23-24-21)13-17-5-3-4-6-22(17)27-2/h3-12,19-20H,13-15H2,1-2H3,(H,23,24)/t19-,20+/m0/s1. The molecule has 0 saturated carbocycles. The summed E-state index contributed by atoms with van der Waals surface area (Å²) in [5, 5.41) is 7.36. The number of H-pyrrole nitrogens is 1. The molecular formula is C22H25N3O2. The molecule has 0 radical (unpaired) electrons. The van der Waals surface area contributed by atoms with E-state index in [0.29, 0.717) is 11.8 Å². The van der Waals surface area contributed by atoms with Crippen molar-refractivity contribution >= 4 is 0 Å². The van der Waals surface area contributed by atoms with Crippen molar-refractivity contribution in [3.8, 4) is 11.5 Å². The molecule has 1 saturated heterocycles. The molecule has 1 N–H and O–H groups in total. The quantitative estimate of drug-likeness (QED) is 0.724. The van der Waals surface area contributed by atoms with Gasteiger partial charge in [-0.05, 0) is 29.8 Å². The Morgan fingerprint density at radius 1 is 0.963 bits per heavy atom. The maximum absolute atomic E-state index is 5.53. The van der Waals surface area contributed by atoms with Gasteiger partial charge in [-0.1, -0.05) is 30.3 Å². The number of methoxy groups -OCH3 is 2. The van der Waals surface area contributed by atoms with Gasteiger partial charge < -0.3 is 9.47 Å². The molecule has 2 atom stereocenters. The van der Waals surface area contributed by atoms with Crippen LogP contribution in [0.5, 0.6) is 11.5 Å². The van der Waals surface area contributed by atoms with Gasteiger partial charge in [0.15, 0.2) is 0 Å². The Kier molecular flexibility index (Phi) is 5.12. The summed E-state index contributed by atoms with van der Waals surface area (Å²) in [4.78, 5) is 2.50. The third kappa shape index (κ3) is 3.69. The minimum atomic E-state index is 0.385. The lowest BCUT2D eigenvalue weighted by atomic mass is 9.87. The molecule has 0 spiro atoms. The second-order valence-corrected chi connectivity index (χ2v) is 7.00. The van der Waals surface area contributed by atoms with E-state index in [-0.39, 0.29) is 0 Å². The second-order valence-electron chi connectivity index (χ2n) is 7.00. The van der Waals surface area contributed by atoms with Crippen LogP contribution in [0.4, 0.5) is 0 Å². The molecule has 4 rings (SSSR count). The number of likely N-dealkylation sites (tertiary alicyclic amines) is 1. The third-order valence-corrected chi connectivity index (χ3v) is 5.45. The molecule has 27 heavy (non-hydrogen) atoms. The molecule has 140 valence electrons. The largest absolute Gasteiger partial charge is 0.497 e. The summed E-state index contributed by atoms with van der Waals surface area (Å²) in [7, 11) is 3.43. The molecule has 2 aromatic carbocycles. The van der Waals surface area contributed by atoms with Gasteiger partial charge in [0.1, 0.15) is 11.5 Å². The summed E-state index contributed by atoms with van der Waals surface area (Å²) in [5.74, 6) is 2.63. The van der Waals surface area contributed by atoms with Crippen LogP contribution in [0.1, 0.15) is 28.7 Å². The highest BCUT2D eigenvalue weighted by molar-refractivity contribution is 5.35. The Morgan fingerprint density at radius 3 is 2.44 bits per heavy atom. The lowest BCUT2D eigenvalue weighted by Gasteiger charge is -2.18. The number of benzene rings is 2. The molecule has 1 aliphatic heterocycles. The van der Waals surface area contributed by atoms with E-state index in [1.54, 1.807) is 14.2 Å². The van der Waals surface area contributed by atoms with Crippen LogP contribution in [-0.2, 0) is 6.54 Å². The highest BCUT2D eigenvalue weighted by Crippen LogP contribution is 2.40. The molecule has 0 amide bonds. The van der Waals surface area contributed by atoms with Crippen molar-refractivity contribution in [2.45, 2.75) is 18.4 Å². The van der Waals surface area contributed by atoms with Crippen LogP contribution in [-0.4, -0.2) is 42.4 Å². The minimum Gasteiger partial charge on any atom is -0.497 e. The van der Waals surface area contributed by atoms with Crippen LogP contribution in [0, 0.1) is 0 Å². The lowest BCUT2D eigenvalue weighted by Crippen LogP contribution is -2.20. The average Bonchev–Trinajstić information content (AvgIpc) is 3.38. The van der Waals surface area contributed by atoms with Gasteiger partial charge in [-0.25, -0.2) is 0 Å². The molecule has 5 heteroatoms. The maximum atomic E-state index is 5.53. The van der Waals surface area contributed by atoms with Crippen molar-refractivity contribution in [1.82, 2.24) is 15.1 Å². The maximum Gasteiger partial charge on any atom is 0.123 e. The molecule has 1 fully saturated rings. The number of aromatic amines is 1. The van der Waals surface area contributed by atoms with Gasteiger partial charge in [0, 0.05) is 48.9 Å². The first-order chi connectivity index (χ1) is 13.3. The summed E-state index contributed by atoms with van der Waals surface area (Å²) < 4.78 is 10.9. The van der Waals surface area contributed by atoms with Gasteiger partial charge >= 0.3 is 0 Å². The summed E-state index contributed by atoms with van der Waals surface area (Å²) in [6.45, 7) is 2.85. The molecule has 0 unspecified atom stereocenters. The van der Waals surface area contributed by atoms with Crippen LogP contribution >= 0.6 is 0 Å². The van der Waals surface area contributed by atoms with E-state index in [2.05, 4.69) is 45.4 Å². The van der Waals surface area contributed by atoms with Crippen molar-refractivity contribution in [2.75, 3.05) is 27.3 Å². The Hall–Kier alpha value is -2.79. The number of aromatic nitrogens is 2. The molecule has 0 aliphatic carbocycles. The Morgan fingerprint density at radius 2 is 1.74 bits per heavy atom. The summed E-state index contributed by atoms with van der Waals surface area (Å²) >= 11 is 0. The molecular weight excluding hydrogens is 338 g/mol. The van der Waals surface area contributed by atoms with Crippen LogP contribution < -0.4 is 9.47 Å². The zero-order valence-electron chi connectivity index (χ0n) is 15.8. The van der Waals surface area contributed by atoms with E-state index in [4.69, 9.17) is 9.47 Å². The molecule has 2 heterocycles. The van der Waals surface area contributed by atoms with Gasteiger partial charge in [0.25, 0.3) is 0 Å². The number of ether oxygens (including phenoxy) is 2. The SMILES string of the molecule is COc1ccc([C@@H]2CN(Cc3ccccc3OC)C[C@H]2c2ccn[nH]2)cc1. The number of para-hydroxylation sites is 1. The van der Waals surface area contributed by atoms with Crippen LogP contribution in [0.3, 0.4) is 0 Å². The van der Waals surface area contributed by atoms with Crippen molar-refractivity contribution in [3.05, 3.63) is 77.6 Å². The Balaban J connectivity index is 1.59. The summed E-state index contributed by atoms with van der Waals surface area (Å²) in [6, 6.07) is 18.8. The second kappa shape index (κ2) is 7.84. The molecule has 3 aromatic rings. The minimum absolute atomic E-state index is 0.385. The molecule has 0 bridgehead atoms. The van der Waals surface area contributed by atoms with Crippen LogP contribution in [0.15, 0.2) is 60.8 Å². The molecule has 1 aromatic heterocycles. The van der Waals surface area contributed by atoms with Gasteiger partial charge in [0.05, 0.1) is 14.2 Å². The first kappa shape index (κ1) is 17.6. The molecule has 5 nitrogen and oxygen atoms in total. The van der Waals surface area contributed by atoms with E-state index >= 15 is 0 Å². The molecule has 1 aliphatic rings. The zero-order chi connectivity index (χ0) is 18.6. The highest BCUT2D eigenvalue weighted by Gasteiger charge is 2.35. The van der Waals surface area contributed by atoms with Crippen LogP contribution in [0.25, 0.3) is 0 Å². The average molecular weight is 363 g/mol. The number of nitrogens with zero attached hydrogens (tertiary/aromatic N) is 2. The van der Waals surface area contributed by atoms with E-state index < -0.39 is 0 Å². The number of hydrogen-bond donors (Lipinski definition) is 1. The van der Waals surface area contributed by atoms with Crippen molar-refractivity contribution in [3.63, 3.8) is 0 Å². The van der Waals surface area contributed by atoms with E-state index in [1.807, 2.05) is 30.5 Å². The number of hydrogen-bond acceptors (Lipinski definition) is 4. The monoisotopic (exact) mass is 363 g/mol. The Labute approximate surface area is 159 Å².